The van der Waals surface area contributed by atoms with Crippen molar-refractivity contribution in [3.8, 4) is 0 Å². The van der Waals surface area contributed by atoms with E-state index in [0.717, 1.165) is 5.92 Å². The van der Waals surface area contributed by atoms with Crippen LogP contribution in [0.5, 0.6) is 0 Å². The summed E-state index contributed by atoms with van der Waals surface area (Å²) in [4.78, 5) is 2.56. The molecule has 0 bridgehead atoms. The number of hydrogen-bond donors (Lipinski definition) is 1. The summed E-state index contributed by atoms with van der Waals surface area (Å²) < 4.78 is 0. The van der Waals surface area contributed by atoms with Crippen LogP contribution in [0.1, 0.15) is 52.4 Å². The van der Waals surface area contributed by atoms with Gasteiger partial charge in [-0.25, -0.2) is 0 Å². The first kappa shape index (κ1) is 14.0. The highest BCUT2D eigenvalue weighted by Gasteiger charge is 2.13. The first-order chi connectivity index (χ1) is 7.86. The molecule has 1 aliphatic carbocycles. The van der Waals surface area contributed by atoms with E-state index in [9.17, 15) is 0 Å². The second kappa shape index (κ2) is 9.00. The molecule has 1 aliphatic rings. The van der Waals surface area contributed by atoms with E-state index < -0.39 is 0 Å². The van der Waals surface area contributed by atoms with Gasteiger partial charge in [-0.1, -0.05) is 33.1 Å². The summed E-state index contributed by atoms with van der Waals surface area (Å²) in [6, 6.07) is 0. The average Bonchev–Trinajstić information content (AvgIpc) is 2.81. The van der Waals surface area contributed by atoms with Gasteiger partial charge in [-0.3, -0.25) is 0 Å². The lowest BCUT2D eigenvalue weighted by Gasteiger charge is -2.20. The third-order valence-electron chi connectivity index (χ3n) is 3.79. The molecule has 0 amide bonds. The molecule has 0 aromatic carbocycles. The fraction of sp³-hybridized carbons (Fsp3) is 1.00. The van der Waals surface area contributed by atoms with E-state index in [2.05, 4.69) is 24.1 Å². The van der Waals surface area contributed by atoms with E-state index in [0.29, 0.717) is 0 Å². The Balaban J connectivity index is 1.95. The molecule has 0 atom stereocenters. The van der Waals surface area contributed by atoms with Gasteiger partial charge in [0.05, 0.1) is 0 Å². The summed E-state index contributed by atoms with van der Waals surface area (Å²) in [5.74, 6) is 0.978. The van der Waals surface area contributed by atoms with E-state index >= 15 is 0 Å². The zero-order valence-corrected chi connectivity index (χ0v) is 11.3. The van der Waals surface area contributed by atoms with Gasteiger partial charge < -0.3 is 10.2 Å². The van der Waals surface area contributed by atoms with E-state index in [4.69, 9.17) is 0 Å². The monoisotopic (exact) mass is 226 g/mol. The van der Waals surface area contributed by atoms with Gasteiger partial charge in [0.25, 0.3) is 0 Å². The highest BCUT2D eigenvalue weighted by Crippen LogP contribution is 2.23. The van der Waals surface area contributed by atoms with Crippen molar-refractivity contribution >= 4 is 0 Å². The molecule has 2 nitrogen and oxygen atoms in total. The van der Waals surface area contributed by atoms with Gasteiger partial charge in [0.2, 0.25) is 0 Å². The summed E-state index contributed by atoms with van der Waals surface area (Å²) in [6.07, 6.45) is 8.50. The minimum atomic E-state index is 0.978. The molecule has 0 radical (unpaired) electrons. The zero-order valence-electron chi connectivity index (χ0n) is 11.3. The molecule has 2 heteroatoms. The lowest BCUT2D eigenvalue weighted by molar-refractivity contribution is 0.280. The molecule has 1 N–H and O–H groups in total. The molecule has 16 heavy (non-hydrogen) atoms. The molecule has 0 aromatic heterocycles. The summed E-state index contributed by atoms with van der Waals surface area (Å²) in [5.41, 5.74) is 0. The molecule has 0 heterocycles. The quantitative estimate of drug-likeness (QED) is 0.608. The van der Waals surface area contributed by atoms with Crippen LogP contribution in [-0.2, 0) is 0 Å². The first-order valence-corrected chi connectivity index (χ1v) is 7.29. The maximum Gasteiger partial charge on any atom is 0.0107 e. The second-order valence-electron chi connectivity index (χ2n) is 5.14. The van der Waals surface area contributed by atoms with Gasteiger partial charge in [0, 0.05) is 13.1 Å². The normalized spacial score (nSPS) is 17.4. The standard InChI is InChI=1S/C14H30N2/c1-3-5-11-16(4-2)12-10-15-13-14-8-6-7-9-14/h14-15H,3-13H2,1-2H3. The third kappa shape index (κ3) is 5.86. The molecule has 96 valence electrons. The Kier molecular flexibility index (Phi) is 7.87. The van der Waals surface area contributed by atoms with Crippen LogP contribution in [0.4, 0.5) is 0 Å². The predicted octanol–water partition coefficient (Wildman–Crippen LogP) is 2.89. The second-order valence-corrected chi connectivity index (χ2v) is 5.14. The van der Waals surface area contributed by atoms with Crippen LogP contribution < -0.4 is 5.32 Å². The van der Waals surface area contributed by atoms with Gasteiger partial charge in [0.15, 0.2) is 0 Å². The van der Waals surface area contributed by atoms with Crippen molar-refractivity contribution in [1.82, 2.24) is 10.2 Å². The number of hydrogen-bond acceptors (Lipinski definition) is 2. The molecular formula is C14H30N2. The number of nitrogens with zero attached hydrogens (tertiary/aromatic N) is 1. The van der Waals surface area contributed by atoms with Crippen molar-refractivity contribution in [3.05, 3.63) is 0 Å². The predicted molar refractivity (Wildman–Crippen MR) is 71.8 cm³/mol. The molecule has 0 aromatic rings. The van der Waals surface area contributed by atoms with Gasteiger partial charge in [0.1, 0.15) is 0 Å². The highest BCUT2D eigenvalue weighted by atomic mass is 15.1. The summed E-state index contributed by atoms with van der Waals surface area (Å²) in [5, 5.41) is 3.63. The third-order valence-corrected chi connectivity index (χ3v) is 3.79. The van der Waals surface area contributed by atoms with E-state index in [1.54, 1.807) is 0 Å². The molecule has 1 rings (SSSR count). The summed E-state index contributed by atoms with van der Waals surface area (Å²) in [6.45, 7) is 10.7. The van der Waals surface area contributed by atoms with Gasteiger partial charge in [-0.05, 0) is 44.8 Å². The highest BCUT2D eigenvalue weighted by molar-refractivity contribution is 4.69. The lowest BCUT2D eigenvalue weighted by Crippen LogP contribution is -2.34. The minimum absolute atomic E-state index is 0.978. The Morgan fingerprint density at radius 2 is 1.88 bits per heavy atom. The van der Waals surface area contributed by atoms with E-state index in [1.807, 2.05) is 0 Å². The fourth-order valence-corrected chi connectivity index (χ4v) is 2.57. The van der Waals surface area contributed by atoms with Crippen molar-refractivity contribution in [2.24, 2.45) is 5.92 Å². The Morgan fingerprint density at radius 3 is 2.50 bits per heavy atom. The summed E-state index contributed by atoms with van der Waals surface area (Å²) >= 11 is 0. The minimum Gasteiger partial charge on any atom is -0.315 e. The Morgan fingerprint density at radius 1 is 1.12 bits per heavy atom. The molecule has 1 saturated carbocycles. The number of likely N-dealkylation sites (N-methyl/N-ethyl adjacent to an activating group) is 1. The van der Waals surface area contributed by atoms with Crippen molar-refractivity contribution in [2.45, 2.75) is 52.4 Å². The average molecular weight is 226 g/mol. The van der Waals surface area contributed by atoms with Gasteiger partial charge in [-0.2, -0.15) is 0 Å². The molecule has 0 saturated heterocycles. The van der Waals surface area contributed by atoms with Crippen LogP contribution in [-0.4, -0.2) is 37.6 Å². The number of rotatable bonds is 9. The zero-order chi connectivity index (χ0) is 11.6. The van der Waals surface area contributed by atoms with Gasteiger partial charge >= 0.3 is 0 Å². The number of unbranched alkanes of at least 4 members (excludes halogenated alkanes) is 1. The molecular weight excluding hydrogens is 196 g/mol. The number of nitrogens with one attached hydrogen (secondary N) is 1. The topological polar surface area (TPSA) is 15.3 Å². The SMILES string of the molecule is CCCCN(CC)CCNCC1CCCC1. The van der Waals surface area contributed by atoms with Crippen molar-refractivity contribution in [3.63, 3.8) is 0 Å². The lowest BCUT2D eigenvalue weighted by atomic mass is 10.1. The first-order valence-electron chi connectivity index (χ1n) is 7.29. The fourth-order valence-electron chi connectivity index (χ4n) is 2.57. The van der Waals surface area contributed by atoms with Crippen molar-refractivity contribution in [2.75, 3.05) is 32.7 Å². The van der Waals surface area contributed by atoms with Crippen LogP contribution >= 0.6 is 0 Å². The van der Waals surface area contributed by atoms with Gasteiger partial charge in [-0.15, -0.1) is 0 Å². The molecule has 0 unspecified atom stereocenters. The van der Waals surface area contributed by atoms with Crippen LogP contribution in [0.3, 0.4) is 0 Å². The Bertz CT molecular complexity index is 153. The van der Waals surface area contributed by atoms with Crippen LogP contribution in [0.25, 0.3) is 0 Å². The Hall–Kier alpha value is -0.0800. The smallest absolute Gasteiger partial charge is 0.0107 e. The van der Waals surface area contributed by atoms with Crippen molar-refractivity contribution in [1.29, 1.82) is 0 Å². The maximum atomic E-state index is 3.63. The largest absolute Gasteiger partial charge is 0.315 e. The van der Waals surface area contributed by atoms with Crippen LogP contribution in [0.2, 0.25) is 0 Å². The van der Waals surface area contributed by atoms with E-state index in [1.165, 1.54) is 71.2 Å². The molecule has 0 spiro atoms. The summed E-state index contributed by atoms with van der Waals surface area (Å²) in [7, 11) is 0. The maximum absolute atomic E-state index is 3.63. The van der Waals surface area contributed by atoms with Crippen molar-refractivity contribution < 1.29 is 0 Å². The Labute approximate surface area is 102 Å². The van der Waals surface area contributed by atoms with Crippen LogP contribution in [0.15, 0.2) is 0 Å². The molecule has 0 aliphatic heterocycles. The molecule has 1 fully saturated rings. The van der Waals surface area contributed by atoms with Crippen LogP contribution in [0, 0.1) is 5.92 Å². The van der Waals surface area contributed by atoms with E-state index in [-0.39, 0.29) is 0 Å².